The van der Waals surface area contributed by atoms with E-state index in [9.17, 15) is 13.2 Å². The maximum atomic E-state index is 11.5. The second-order valence-electron chi connectivity index (χ2n) is 4.05. The van der Waals surface area contributed by atoms with Crippen LogP contribution in [0.15, 0.2) is 0 Å². The molecule has 15 heavy (non-hydrogen) atoms. The van der Waals surface area contributed by atoms with Gasteiger partial charge in [0, 0.05) is 6.04 Å². The third-order valence-corrected chi connectivity index (χ3v) is 4.19. The van der Waals surface area contributed by atoms with Crippen LogP contribution in [0.1, 0.15) is 32.6 Å². The summed E-state index contributed by atoms with van der Waals surface area (Å²) in [6, 6.07) is -1.10. The molecular weight excluding hydrogens is 218 g/mol. The van der Waals surface area contributed by atoms with Gasteiger partial charge in [-0.05, 0) is 19.8 Å². The molecule has 0 bridgehead atoms. The van der Waals surface area contributed by atoms with Crippen LogP contribution in [0.25, 0.3) is 0 Å². The number of carboxylic acid groups (broad SMARTS) is 1. The van der Waals surface area contributed by atoms with Crippen LogP contribution in [0.2, 0.25) is 0 Å². The summed E-state index contributed by atoms with van der Waals surface area (Å²) >= 11 is 0. The normalized spacial score (nSPS) is 20.7. The molecule has 0 aliphatic heterocycles. The third kappa shape index (κ3) is 2.92. The van der Waals surface area contributed by atoms with E-state index in [0.29, 0.717) is 0 Å². The topological polar surface area (TPSA) is 74.7 Å². The Morgan fingerprint density at radius 2 is 1.87 bits per heavy atom. The minimum Gasteiger partial charge on any atom is -0.480 e. The Morgan fingerprint density at radius 1 is 1.40 bits per heavy atom. The SMILES string of the molecule is C[C@@H](C(=O)O)N(C1CCCC1)S(C)(=O)=O. The Hall–Kier alpha value is -0.620. The van der Waals surface area contributed by atoms with Crippen molar-refractivity contribution in [2.45, 2.75) is 44.7 Å². The molecule has 0 heterocycles. The van der Waals surface area contributed by atoms with Gasteiger partial charge in [0.1, 0.15) is 6.04 Å². The van der Waals surface area contributed by atoms with Crippen molar-refractivity contribution in [2.24, 2.45) is 0 Å². The average Bonchev–Trinajstić information content (AvgIpc) is 2.54. The van der Waals surface area contributed by atoms with E-state index in [1.165, 1.54) is 6.92 Å². The molecule has 0 aromatic rings. The molecule has 1 aliphatic rings. The molecule has 1 fully saturated rings. The van der Waals surface area contributed by atoms with Crippen molar-refractivity contribution in [3.8, 4) is 0 Å². The van der Waals surface area contributed by atoms with E-state index in [4.69, 9.17) is 5.11 Å². The smallest absolute Gasteiger partial charge is 0.321 e. The van der Waals surface area contributed by atoms with Crippen LogP contribution in [-0.4, -0.2) is 42.1 Å². The van der Waals surface area contributed by atoms with Crippen molar-refractivity contribution in [1.82, 2.24) is 4.31 Å². The molecule has 0 amide bonds. The molecule has 1 N–H and O–H groups in total. The molecular formula is C9H17NO4S. The third-order valence-electron chi connectivity index (χ3n) is 2.81. The Morgan fingerprint density at radius 3 is 2.20 bits per heavy atom. The molecule has 0 aromatic heterocycles. The van der Waals surface area contributed by atoms with Gasteiger partial charge < -0.3 is 5.11 Å². The molecule has 88 valence electrons. The number of nitrogens with zero attached hydrogens (tertiary/aromatic N) is 1. The van der Waals surface area contributed by atoms with Gasteiger partial charge in [0.15, 0.2) is 0 Å². The number of carboxylic acids is 1. The molecule has 1 atom stereocenters. The minimum absolute atomic E-state index is 0.133. The summed E-state index contributed by atoms with van der Waals surface area (Å²) in [5.41, 5.74) is 0. The summed E-state index contributed by atoms with van der Waals surface area (Å²) in [5, 5.41) is 8.87. The van der Waals surface area contributed by atoms with Crippen molar-refractivity contribution >= 4 is 16.0 Å². The first kappa shape index (κ1) is 12.4. The van der Waals surface area contributed by atoms with E-state index >= 15 is 0 Å². The zero-order valence-electron chi connectivity index (χ0n) is 9.01. The lowest BCUT2D eigenvalue weighted by Crippen LogP contribution is -2.47. The highest BCUT2D eigenvalue weighted by molar-refractivity contribution is 7.88. The van der Waals surface area contributed by atoms with Gasteiger partial charge in [0.25, 0.3) is 0 Å². The molecule has 5 nitrogen and oxygen atoms in total. The number of carbonyl (C=O) groups is 1. The van der Waals surface area contributed by atoms with E-state index < -0.39 is 22.0 Å². The van der Waals surface area contributed by atoms with E-state index in [1.807, 2.05) is 0 Å². The molecule has 6 heteroatoms. The molecule has 0 radical (unpaired) electrons. The largest absolute Gasteiger partial charge is 0.480 e. The van der Waals surface area contributed by atoms with Crippen LogP contribution in [-0.2, 0) is 14.8 Å². The molecule has 0 aromatic carbocycles. The van der Waals surface area contributed by atoms with Gasteiger partial charge in [-0.2, -0.15) is 4.31 Å². The van der Waals surface area contributed by atoms with Gasteiger partial charge in [-0.25, -0.2) is 8.42 Å². The summed E-state index contributed by atoms with van der Waals surface area (Å²) in [7, 11) is -3.44. The highest BCUT2D eigenvalue weighted by atomic mass is 32.2. The highest BCUT2D eigenvalue weighted by Crippen LogP contribution is 2.27. The molecule has 1 rings (SSSR count). The number of aliphatic carboxylic acids is 1. The van der Waals surface area contributed by atoms with Crippen LogP contribution in [0.5, 0.6) is 0 Å². The fourth-order valence-electron chi connectivity index (χ4n) is 2.14. The summed E-state index contributed by atoms with van der Waals surface area (Å²) in [5.74, 6) is -1.09. The van der Waals surface area contributed by atoms with Gasteiger partial charge in [0.2, 0.25) is 10.0 Å². The predicted octanol–water partition coefficient (Wildman–Crippen LogP) is 0.664. The Balaban J connectivity index is 2.92. The van der Waals surface area contributed by atoms with Crippen molar-refractivity contribution in [2.75, 3.05) is 6.26 Å². The Bertz CT molecular complexity index is 332. The monoisotopic (exact) mass is 235 g/mol. The fourth-order valence-corrected chi connectivity index (χ4v) is 3.56. The second kappa shape index (κ2) is 4.49. The quantitative estimate of drug-likeness (QED) is 0.777. The summed E-state index contributed by atoms with van der Waals surface area (Å²) < 4.78 is 24.2. The predicted molar refractivity (Wildman–Crippen MR) is 56.0 cm³/mol. The molecule has 0 spiro atoms. The minimum atomic E-state index is -3.44. The molecule has 0 saturated heterocycles. The number of rotatable bonds is 4. The van der Waals surface area contributed by atoms with Crippen molar-refractivity contribution in [1.29, 1.82) is 0 Å². The second-order valence-corrected chi connectivity index (χ2v) is 5.93. The zero-order chi connectivity index (χ0) is 11.6. The Labute approximate surface area is 90.1 Å². The molecule has 0 unspecified atom stereocenters. The first-order valence-electron chi connectivity index (χ1n) is 5.05. The number of sulfonamides is 1. The first-order chi connectivity index (χ1) is 6.84. The van der Waals surface area contributed by atoms with Gasteiger partial charge >= 0.3 is 5.97 Å². The van der Waals surface area contributed by atoms with Gasteiger partial charge in [-0.3, -0.25) is 4.79 Å². The van der Waals surface area contributed by atoms with Crippen molar-refractivity contribution < 1.29 is 18.3 Å². The van der Waals surface area contributed by atoms with Crippen LogP contribution in [0, 0.1) is 0 Å². The van der Waals surface area contributed by atoms with Crippen LogP contribution in [0.3, 0.4) is 0 Å². The Kier molecular flexibility index (Phi) is 3.72. The average molecular weight is 235 g/mol. The van der Waals surface area contributed by atoms with E-state index in [2.05, 4.69) is 0 Å². The van der Waals surface area contributed by atoms with E-state index in [0.717, 1.165) is 36.2 Å². The van der Waals surface area contributed by atoms with E-state index in [1.54, 1.807) is 0 Å². The molecule has 1 saturated carbocycles. The van der Waals surface area contributed by atoms with Crippen LogP contribution in [0.4, 0.5) is 0 Å². The van der Waals surface area contributed by atoms with Crippen molar-refractivity contribution in [3.63, 3.8) is 0 Å². The van der Waals surface area contributed by atoms with Crippen LogP contribution >= 0.6 is 0 Å². The van der Waals surface area contributed by atoms with Crippen LogP contribution < -0.4 is 0 Å². The zero-order valence-corrected chi connectivity index (χ0v) is 9.83. The molecule has 1 aliphatic carbocycles. The number of hydrogen-bond acceptors (Lipinski definition) is 3. The number of hydrogen-bond donors (Lipinski definition) is 1. The standard InChI is InChI=1S/C9H17NO4S/c1-7(9(11)12)10(15(2,13)14)8-5-3-4-6-8/h7-8H,3-6H2,1-2H3,(H,11,12)/t7-/m0/s1. The maximum Gasteiger partial charge on any atom is 0.321 e. The summed E-state index contributed by atoms with van der Waals surface area (Å²) in [6.07, 6.45) is 4.56. The van der Waals surface area contributed by atoms with Crippen molar-refractivity contribution in [3.05, 3.63) is 0 Å². The maximum absolute atomic E-state index is 11.5. The summed E-state index contributed by atoms with van der Waals surface area (Å²) in [6.45, 7) is 1.42. The lowest BCUT2D eigenvalue weighted by molar-refractivity contribution is -0.141. The fraction of sp³-hybridized carbons (Fsp3) is 0.889. The first-order valence-corrected chi connectivity index (χ1v) is 6.90. The lowest BCUT2D eigenvalue weighted by Gasteiger charge is -2.29. The highest BCUT2D eigenvalue weighted by Gasteiger charge is 2.36. The lowest BCUT2D eigenvalue weighted by atomic mass is 10.2. The van der Waals surface area contributed by atoms with Gasteiger partial charge in [0.05, 0.1) is 6.26 Å². The van der Waals surface area contributed by atoms with Gasteiger partial charge in [-0.15, -0.1) is 0 Å². The van der Waals surface area contributed by atoms with E-state index in [-0.39, 0.29) is 6.04 Å². The summed E-state index contributed by atoms with van der Waals surface area (Å²) in [4.78, 5) is 10.8. The van der Waals surface area contributed by atoms with Gasteiger partial charge in [-0.1, -0.05) is 12.8 Å².